The second-order valence-electron chi connectivity index (χ2n) is 6.56. The van der Waals surface area contributed by atoms with Crippen molar-refractivity contribution in [2.24, 2.45) is 0 Å². The first-order valence-electron chi connectivity index (χ1n) is 9.46. The van der Waals surface area contributed by atoms with Crippen LogP contribution in [0.1, 0.15) is 18.6 Å². The fourth-order valence-electron chi connectivity index (χ4n) is 3.11. The lowest BCUT2D eigenvalue weighted by Gasteiger charge is -2.27. The molecule has 0 fully saturated rings. The third-order valence-electron chi connectivity index (χ3n) is 4.43. The van der Waals surface area contributed by atoms with E-state index in [4.69, 9.17) is 9.15 Å². The maximum absolute atomic E-state index is 12.7. The van der Waals surface area contributed by atoms with Gasteiger partial charge in [0.1, 0.15) is 12.4 Å². The smallest absolute Gasteiger partial charge is 0.337 e. The summed E-state index contributed by atoms with van der Waals surface area (Å²) in [7, 11) is 0. The number of rotatable bonds is 8. The second-order valence-corrected chi connectivity index (χ2v) is 7.54. The number of nitrogens with one attached hydrogen (secondary N) is 2. The summed E-state index contributed by atoms with van der Waals surface area (Å²) in [5.74, 6) is -0.996. The number of nitriles is 1. The minimum atomic E-state index is -0.738. The van der Waals surface area contributed by atoms with E-state index in [9.17, 15) is 14.9 Å². The minimum absolute atomic E-state index is 0.0490. The van der Waals surface area contributed by atoms with Crippen molar-refractivity contribution in [2.45, 2.75) is 12.8 Å². The highest BCUT2D eigenvalue weighted by Crippen LogP contribution is 2.41. The summed E-state index contributed by atoms with van der Waals surface area (Å²) in [6.45, 7) is 5.32. The Balaban J connectivity index is 1.84. The van der Waals surface area contributed by atoms with Crippen LogP contribution in [0, 0.1) is 11.3 Å². The zero-order chi connectivity index (χ0) is 22.2. The van der Waals surface area contributed by atoms with Gasteiger partial charge in [-0.05, 0) is 31.2 Å². The number of hydrogen-bond donors (Lipinski definition) is 2. The van der Waals surface area contributed by atoms with Gasteiger partial charge in [-0.25, -0.2) is 4.79 Å². The number of ether oxygens (including phenoxy) is 1. The van der Waals surface area contributed by atoms with Crippen molar-refractivity contribution in [3.8, 4) is 6.07 Å². The van der Waals surface area contributed by atoms with E-state index in [0.717, 1.165) is 0 Å². The van der Waals surface area contributed by atoms with Crippen LogP contribution in [-0.2, 0) is 14.3 Å². The number of allylic oxidation sites excluding steroid dienone is 2. The number of benzene rings is 1. The Hall–Kier alpha value is -3.70. The lowest BCUT2D eigenvalue weighted by molar-refractivity contribution is -0.138. The summed E-state index contributed by atoms with van der Waals surface area (Å²) in [5.41, 5.74) is 1.78. The van der Waals surface area contributed by atoms with Crippen molar-refractivity contribution in [3.63, 3.8) is 0 Å². The van der Waals surface area contributed by atoms with Gasteiger partial charge in [-0.1, -0.05) is 42.6 Å². The van der Waals surface area contributed by atoms with E-state index in [1.54, 1.807) is 31.2 Å². The van der Waals surface area contributed by atoms with Gasteiger partial charge in [0.05, 0.1) is 40.2 Å². The molecule has 31 heavy (non-hydrogen) atoms. The summed E-state index contributed by atoms with van der Waals surface area (Å²) in [6.07, 6.45) is 2.95. The Bertz CT molecular complexity index is 1070. The molecule has 2 N–H and O–H groups in total. The van der Waals surface area contributed by atoms with Crippen LogP contribution in [0.2, 0.25) is 0 Å². The number of para-hydroxylation sites is 1. The van der Waals surface area contributed by atoms with Crippen molar-refractivity contribution in [1.82, 2.24) is 5.32 Å². The quantitative estimate of drug-likeness (QED) is 0.476. The Morgan fingerprint density at radius 3 is 2.74 bits per heavy atom. The van der Waals surface area contributed by atoms with E-state index in [1.165, 1.54) is 24.1 Å². The van der Waals surface area contributed by atoms with Gasteiger partial charge in [0.25, 0.3) is 0 Å². The van der Waals surface area contributed by atoms with Gasteiger partial charge in [0.15, 0.2) is 0 Å². The number of amides is 1. The van der Waals surface area contributed by atoms with E-state index in [1.807, 2.05) is 18.2 Å². The topological polar surface area (TPSA) is 104 Å². The first kappa shape index (κ1) is 22.0. The van der Waals surface area contributed by atoms with Crippen LogP contribution in [0.4, 0.5) is 5.69 Å². The van der Waals surface area contributed by atoms with Crippen LogP contribution in [-0.4, -0.2) is 24.2 Å². The normalized spacial score (nSPS) is 15.7. The predicted octanol–water partition coefficient (Wildman–Crippen LogP) is 4.08. The fraction of sp³-hybridized carbons (Fsp3) is 0.174. The van der Waals surface area contributed by atoms with E-state index in [0.29, 0.717) is 22.2 Å². The molecule has 158 valence electrons. The molecule has 7 nitrogen and oxygen atoms in total. The molecule has 1 atom stereocenters. The number of hydrogen-bond acceptors (Lipinski definition) is 7. The first-order valence-corrected chi connectivity index (χ1v) is 10.4. The Labute approximate surface area is 184 Å². The molecule has 1 aromatic heterocycles. The molecule has 0 spiro atoms. The number of dihydropyridines is 1. The highest BCUT2D eigenvalue weighted by Gasteiger charge is 2.37. The second kappa shape index (κ2) is 10.4. The van der Waals surface area contributed by atoms with Gasteiger partial charge in [-0.15, -0.1) is 0 Å². The SMILES string of the molecule is C=CCOC(=O)C1=C(C)NC(SCC(=O)Nc2ccccc2)=C(C#N)[C@@H]1c1ccco1. The summed E-state index contributed by atoms with van der Waals surface area (Å²) in [6, 6.07) is 14.7. The lowest BCUT2D eigenvalue weighted by Crippen LogP contribution is -2.29. The molecule has 0 saturated carbocycles. The van der Waals surface area contributed by atoms with Crippen molar-refractivity contribution in [2.75, 3.05) is 17.7 Å². The first-order chi connectivity index (χ1) is 15.0. The average molecular weight is 436 g/mol. The number of carbonyl (C=O) groups is 2. The van der Waals surface area contributed by atoms with E-state index < -0.39 is 11.9 Å². The van der Waals surface area contributed by atoms with Gasteiger partial charge in [-0.3, -0.25) is 4.79 Å². The maximum atomic E-state index is 12.7. The number of thioether (sulfide) groups is 1. The summed E-state index contributed by atoms with van der Waals surface area (Å²) in [4.78, 5) is 25.1. The average Bonchev–Trinajstić information content (AvgIpc) is 3.30. The molecule has 2 aromatic rings. The highest BCUT2D eigenvalue weighted by molar-refractivity contribution is 8.03. The fourth-order valence-corrected chi connectivity index (χ4v) is 4.00. The third kappa shape index (κ3) is 5.27. The van der Waals surface area contributed by atoms with Crippen LogP contribution in [0.25, 0.3) is 0 Å². The molecule has 0 radical (unpaired) electrons. The summed E-state index contributed by atoms with van der Waals surface area (Å²) in [5, 5.41) is 16.3. The zero-order valence-electron chi connectivity index (χ0n) is 16.9. The maximum Gasteiger partial charge on any atom is 0.337 e. The Morgan fingerprint density at radius 2 is 2.10 bits per heavy atom. The number of anilines is 1. The largest absolute Gasteiger partial charge is 0.468 e. The van der Waals surface area contributed by atoms with Crippen molar-refractivity contribution >= 4 is 29.3 Å². The molecular weight excluding hydrogens is 414 g/mol. The molecule has 3 rings (SSSR count). The lowest BCUT2D eigenvalue weighted by atomic mass is 9.86. The van der Waals surface area contributed by atoms with Gasteiger partial charge in [-0.2, -0.15) is 5.26 Å². The number of furan rings is 1. The van der Waals surface area contributed by atoms with Crippen molar-refractivity contribution < 1.29 is 18.7 Å². The van der Waals surface area contributed by atoms with Crippen LogP contribution in [0.15, 0.2) is 87.7 Å². The van der Waals surface area contributed by atoms with Gasteiger partial charge in [0, 0.05) is 11.4 Å². The monoisotopic (exact) mass is 435 g/mol. The zero-order valence-corrected chi connectivity index (χ0v) is 17.7. The molecule has 8 heteroatoms. The van der Waals surface area contributed by atoms with Crippen LogP contribution in [0.3, 0.4) is 0 Å². The summed E-state index contributed by atoms with van der Waals surface area (Å²) < 4.78 is 10.8. The molecular formula is C23H21N3O4S. The highest BCUT2D eigenvalue weighted by atomic mass is 32.2. The molecule has 2 heterocycles. The number of carbonyl (C=O) groups excluding carboxylic acids is 2. The van der Waals surface area contributed by atoms with Gasteiger partial charge in [0.2, 0.25) is 5.91 Å². The molecule has 0 aliphatic carbocycles. The Morgan fingerprint density at radius 1 is 1.32 bits per heavy atom. The van der Waals surface area contributed by atoms with E-state index in [2.05, 4.69) is 23.3 Å². The standard InChI is InChI=1S/C23H21N3O4S/c1-3-11-30-23(28)20-15(2)25-22(17(13-24)21(20)18-10-7-12-29-18)31-14-19(27)26-16-8-5-4-6-9-16/h3-10,12,21,25H,1,11,14H2,2H3,(H,26,27)/t21-/m1/s1. The molecule has 1 aliphatic heterocycles. The molecule has 1 aromatic carbocycles. The van der Waals surface area contributed by atoms with Crippen molar-refractivity contribution in [3.05, 3.63) is 89.0 Å². The molecule has 0 bridgehead atoms. The number of nitrogens with zero attached hydrogens (tertiary/aromatic N) is 1. The van der Waals surface area contributed by atoms with Crippen LogP contribution < -0.4 is 10.6 Å². The predicted molar refractivity (Wildman–Crippen MR) is 119 cm³/mol. The van der Waals surface area contributed by atoms with Gasteiger partial charge < -0.3 is 19.8 Å². The van der Waals surface area contributed by atoms with Crippen LogP contribution in [0.5, 0.6) is 0 Å². The minimum Gasteiger partial charge on any atom is -0.468 e. The van der Waals surface area contributed by atoms with Gasteiger partial charge >= 0.3 is 5.97 Å². The summed E-state index contributed by atoms with van der Waals surface area (Å²) >= 11 is 1.18. The molecule has 1 amide bonds. The number of esters is 1. The molecule has 0 saturated heterocycles. The third-order valence-corrected chi connectivity index (χ3v) is 5.45. The van der Waals surface area contributed by atoms with E-state index in [-0.39, 0.29) is 29.4 Å². The van der Waals surface area contributed by atoms with Crippen molar-refractivity contribution in [1.29, 1.82) is 5.26 Å². The van der Waals surface area contributed by atoms with Crippen LogP contribution >= 0.6 is 11.8 Å². The Kier molecular flexibility index (Phi) is 7.35. The molecule has 1 aliphatic rings. The van der Waals surface area contributed by atoms with E-state index >= 15 is 0 Å². The molecule has 0 unspecified atom stereocenters.